The summed E-state index contributed by atoms with van der Waals surface area (Å²) >= 11 is 13.2. The van der Waals surface area contributed by atoms with Crippen LogP contribution in [-0.2, 0) is 32.6 Å². The van der Waals surface area contributed by atoms with Gasteiger partial charge in [-0.15, -0.1) is 0 Å². The fourth-order valence-corrected chi connectivity index (χ4v) is 7.00. The van der Waals surface area contributed by atoms with E-state index in [2.05, 4.69) is 5.32 Å². The van der Waals surface area contributed by atoms with Crippen LogP contribution < -0.4 is 19.1 Å². The van der Waals surface area contributed by atoms with Gasteiger partial charge < -0.3 is 19.7 Å². The molecule has 0 radical (unpaired) electrons. The number of halogens is 2. The van der Waals surface area contributed by atoms with Crippen LogP contribution >= 0.6 is 23.2 Å². The molecule has 4 rings (SSSR count). The van der Waals surface area contributed by atoms with Crippen LogP contribution in [0, 0.1) is 5.92 Å². The van der Waals surface area contributed by atoms with Crippen LogP contribution in [0.1, 0.15) is 25.0 Å². The molecular formula is C36H39Cl2N3O6S. The maximum Gasteiger partial charge on any atom is 0.264 e. The summed E-state index contributed by atoms with van der Waals surface area (Å²) in [5.41, 5.74) is 1.39. The third kappa shape index (κ3) is 9.00. The minimum atomic E-state index is -4.31. The van der Waals surface area contributed by atoms with E-state index in [1.54, 1.807) is 42.5 Å². The first-order valence-electron chi connectivity index (χ1n) is 15.3. The lowest BCUT2D eigenvalue weighted by Crippen LogP contribution is -2.53. The Morgan fingerprint density at radius 2 is 1.42 bits per heavy atom. The molecule has 254 valence electrons. The second-order valence-corrected chi connectivity index (χ2v) is 14.1. The molecule has 2 amide bonds. The highest BCUT2D eigenvalue weighted by Gasteiger charge is 2.35. The Balaban J connectivity index is 1.86. The summed E-state index contributed by atoms with van der Waals surface area (Å²) in [6.45, 7) is 3.49. The molecule has 0 aromatic heterocycles. The highest BCUT2D eigenvalue weighted by Crippen LogP contribution is 2.34. The second-order valence-electron chi connectivity index (χ2n) is 11.4. The predicted molar refractivity (Wildman–Crippen MR) is 189 cm³/mol. The molecule has 0 aliphatic carbocycles. The molecule has 4 aromatic carbocycles. The van der Waals surface area contributed by atoms with Gasteiger partial charge in [0.15, 0.2) is 11.5 Å². The number of anilines is 1. The van der Waals surface area contributed by atoms with E-state index >= 15 is 0 Å². The van der Waals surface area contributed by atoms with Crippen LogP contribution in [-0.4, -0.2) is 58.5 Å². The van der Waals surface area contributed by atoms with Gasteiger partial charge in [0.25, 0.3) is 10.0 Å². The summed E-state index contributed by atoms with van der Waals surface area (Å²) < 4.78 is 40.3. The van der Waals surface area contributed by atoms with Gasteiger partial charge in [-0.2, -0.15) is 0 Å². The number of amides is 2. The van der Waals surface area contributed by atoms with E-state index in [0.29, 0.717) is 27.9 Å². The molecule has 0 fully saturated rings. The normalized spacial score (nSPS) is 11.9. The number of hydrogen-bond acceptors (Lipinski definition) is 6. The first-order valence-corrected chi connectivity index (χ1v) is 17.5. The van der Waals surface area contributed by atoms with E-state index in [0.717, 1.165) is 9.87 Å². The zero-order valence-electron chi connectivity index (χ0n) is 27.2. The Labute approximate surface area is 292 Å². The number of nitrogens with one attached hydrogen (secondary N) is 1. The van der Waals surface area contributed by atoms with Gasteiger partial charge in [-0.1, -0.05) is 91.6 Å². The Bertz CT molecular complexity index is 1790. The molecule has 0 unspecified atom stereocenters. The molecule has 4 aromatic rings. The number of sulfonamides is 1. The topological polar surface area (TPSA) is 105 Å². The van der Waals surface area contributed by atoms with Crippen molar-refractivity contribution in [1.82, 2.24) is 10.2 Å². The molecule has 0 spiro atoms. The van der Waals surface area contributed by atoms with Crippen LogP contribution in [0.2, 0.25) is 10.0 Å². The zero-order valence-corrected chi connectivity index (χ0v) is 29.6. The highest BCUT2D eigenvalue weighted by atomic mass is 35.5. The SMILES string of the molecule is COc1ccc(N(CC(=O)N(Cc2c(Cl)cccc2Cl)[C@H](Cc2ccccc2)C(=O)NCC(C)C)S(=O)(=O)c2ccccc2)cc1OC. The molecule has 1 N–H and O–H groups in total. The zero-order chi connectivity index (χ0) is 34.8. The predicted octanol–water partition coefficient (Wildman–Crippen LogP) is 6.62. The van der Waals surface area contributed by atoms with Crippen molar-refractivity contribution in [2.75, 3.05) is 31.6 Å². The van der Waals surface area contributed by atoms with Gasteiger partial charge in [-0.05, 0) is 47.9 Å². The highest BCUT2D eigenvalue weighted by molar-refractivity contribution is 7.92. The van der Waals surface area contributed by atoms with Crippen LogP contribution in [0.15, 0.2) is 102 Å². The minimum absolute atomic E-state index is 0.0243. The second kappa shape index (κ2) is 16.7. The average Bonchev–Trinajstić information content (AvgIpc) is 3.09. The van der Waals surface area contributed by atoms with Gasteiger partial charge in [0, 0.05) is 41.2 Å². The number of carbonyl (C=O) groups is 2. The Hall–Kier alpha value is -4.25. The summed E-state index contributed by atoms with van der Waals surface area (Å²) in [5, 5.41) is 3.56. The van der Waals surface area contributed by atoms with Crippen LogP contribution in [0.4, 0.5) is 5.69 Å². The summed E-state index contributed by atoms with van der Waals surface area (Å²) in [5.74, 6) is -0.256. The molecule has 0 bridgehead atoms. The van der Waals surface area contributed by atoms with Gasteiger partial charge in [0.1, 0.15) is 12.6 Å². The molecule has 0 aliphatic heterocycles. The van der Waals surface area contributed by atoms with Gasteiger partial charge in [0.2, 0.25) is 11.8 Å². The lowest BCUT2D eigenvalue weighted by Gasteiger charge is -2.34. The molecule has 0 aliphatic rings. The van der Waals surface area contributed by atoms with E-state index < -0.39 is 34.4 Å². The third-order valence-electron chi connectivity index (χ3n) is 7.61. The van der Waals surface area contributed by atoms with Crippen molar-refractivity contribution in [1.29, 1.82) is 0 Å². The van der Waals surface area contributed by atoms with Crippen molar-refractivity contribution >= 4 is 50.7 Å². The molecule has 0 heterocycles. The Morgan fingerprint density at radius 1 is 0.812 bits per heavy atom. The van der Waals surface area contributed by atoms with Gasteiger partial charge in [-0.3, -0.25) is 13.9 Å². The maximum absolute atomic E-state index is 14.7. The number of ether oxygens (including phenoxy) is 2. The minimum Gasteiger partial charge on any atom is -0.493 e. The van der Waals surface area contributed by atoms with Crippen molar-refractivity contribution in [2.45, 2.75) is 37.8 Å². The number of carbonyl (C=O) groups excluding carboxylic acids is 2. The van der Waals surface area contributed by atoms with E-state index in [4.69, 9.17) is 32.7 Å². The van der Waals surface area contributed by atoms with E-state index in [1.807, 2.05) is 44.2 Å². The number of rotatable bonds is 15. The van der Waals surface area contributed by atoms with Crippen LogP contribution in [0.5, 0.6) is 11.5 Å². The quantitative estimate of drug-likeness (QED) is 0.149. The van der Waals surface area contributed by atoms with E-state index in [-0.39, 0.29) is 35.2 Å². The summed E-state index contributed by atoms with van der Waals surface area (Å²) in [7, 11) is -1.41. The first kappa shape index (κ1) is 36.6. The van der Waals surface area contributed by atoms with Crippen molar-refractivity contribution in [2.24, 2.45) is 5.92 Å². The molecular weight excluding hydrogens is 673 g/mol. The molecule has 1 atom stereocenters. The van der Waals surface area contributed by atoms with E-state index in [1.165, 1.54) is 43.4 Å². The fourth-order valence-electron chi connectivity index (χ4n) is 5.06. The van der Waals surface area contributed by atoms with Crippen molar-refractivity contribution < 1.29 is 27.5 Å². The average molecular weight is 713 g/mol. The van der Waals surface area contributed by atoms with Gasteiger partial charge in [0.05, 0.1) is 24.8 Å². The number of benzene rings is 4. The lowest BCUT2D eigenvalue weighted by atomic mass is 10.0. The number of hydrogen-bond donors (Lipinski definition) is 1. The summed E-state index contributed by atoms with van der Waals surface area (Å²) in [4.78, 5) is 30.0. The maximum atomic E-state index is 14.7. The third-order valence-corrected chi connectivity index (χ3v) is 10.1. The fraction of sp³-hybridized carbons (Fsp3) is 0.278. The lowest BCUT2D eigenvalue weighted by molar-refractivity contribution is -0.140. The van der Waals surface area contributed by atoms with Crippen molar-refractivity contribution in [3.63, 3.8) is 0 Å². The number of nitrogens with zero attached hydrogens (tertiary/aromatic N) is 2. The van der Waals surface area contributed by atoms with Crippen LogP contribution in [0.25, 0.3) is 0 Å². The first-order chi connectivity index (χ1) is 23.0. The van der Waals surface area contributed by atoms with Crippen molar-refractivity contribution in [3.05, 3.63) is 118 Å². The van der Waals surface area contributed by atoms with E-state index in [9.17, 15) is 18.0 Å². The molecule has 9 nitrogen and oxygen atoms in total. The summed E-state index contributed by atoms with van der Waals surface area (Å²) in [6, 6.07) is 25.6. The smallest absolute Gasteiger partial charge is 0.264 e. The summed E-state index contributed by atoms with van der Waals surface area (Å²) in [6.07, 6.45) is 0.153. The van der Waals surface area contributed by atoms with Crippen LogP contribution in [0.3, 0.4) is 0 Å². The molecule has 12 heteroatoms. The molecule has 0 saturated heterocycles. The van der Waals surface area contributed by atoms with Gasteiger partial charge >= 0.3 is 0 Å². The van der Waals surface area contributed by atoms with Crippen molar-refractivity contribution in [3.8, 4) is 11.5 Å². The number of methoxy groups -OCH3 is 2. The Morgan fingerprint density at radius 3 is 2.00 bits per heavy atom. The molecule has 48 heavy (non-hydrogen) atoms. The Kier molecular flexibility index (Phi) is 12.7. The molecule has 0 saturated carbocycles. The van der Waals surface area contributed by atoms with Gasteiger partial charge in [-0.25, -0.2) is 8.42 Å². The standard InChI is InChI=1S/C36H39Cl2N3O6S/c1-25(2)22-39-36(43)32(20-26-12-7-5-8-13-26)40(23-29-30(37)16-11-17-31(29)38)35(42)24-41(48(44,45)28-14-9-6-10-15-28)27-18-19-33(46-3)34(21-27)47-4/h5-19,21,25,32H,20,22-24H2,1-4H3,(H,39,43)/t32-/m1/s1. The monoisotopic (exact) mass is 711 g/mol. The largest absolute Gasteiger partial charge is 0.493 e.